The fourth-order valence-corrected chi connectivity index (χ4v) is 4.52. The number of amides is 3. The number of urea groups is 1. The number of methoxy groups -OCH3 is 1. The fraction of sp³-hybridized carbons (Fsp3) is 0.400. The van der Waals surface area contributed by atoms with Crippen LogP contribution in [-0.2, 0) is 4.79 Å². The Hall–Kier alpha value is -3.26. The van der Waals surface area contributed by atoms with E-state index >= 15 is 0 Å². The molecule has 0 saturated carbocycles. The number of carbonyl (C=O) groups is 2. The van der Waals surface area contributed by atoms with Crippen molar-refractivity contribution in [2.24, 2.45) is 4.99 Å². The molecule has 2 aliphatic heterocycles. The van der Waals surface area contributed by atoms with Gasteiger partial charge in [-0.1, -0.05) is 30.7 Å². The molecule has 2 aliphatic rings. The molecule has 0 radical (unpaired) electrons. The summed E-state index contributed by atoms with van der Waals surface area (Å²) in [4.78, 5) is 34.3. The van der Waals surface area contributed by atoms with E-state index in [1.807, 2.05) is 43.3 Å². The molecule has 0 spiro atoms. The van der Waals surface area contributed by atoms with E-state index in [9.17, 15) is 9.59 Å². The van der Waals surface area contributed by atoms with Crippen molar-refractivity contribution in [3.8, 4) is 11.5 Å². The molecule has 3 amide bonds. The second kappa shape index (κ2) is 10.3. The quantitative estimate of drug-likeness (QED) is 0.674. The Bertz CT molecular complexity index is 1090. The van der Waals surface area contributed by atoms with Gasteiger partial charge in [0.15, 0.2) is 0 Å². The molecule has 4 rings (SSSR count). The first-order chi connectivity index (χ1) is 16.5. The Morgan fingerprint density at radius 3 is 2.62 bits per heavy atom. The number of hydrogen-bond acceptors (Lipinski definition) is 5. The van der Waals surface area contributed by atoms with Crippen LogP contribution in [0, 0.1) is 0 Å². The molecule has 180 valence electrons. The first kappa shape index (κ1) is 23.9. The molecule has 1 N–H and O–H groups in total. The third-order valence-corrected chi connectivity index (χ3v) is 6.29. The van der Waals surface area contributed by atoms with Gasteiger partial charge in [0.25, 0.3) is 0 Å². The number of aliphatic imine (C=N–C) groups is 1. The first-order valence-corrected chi connectivity index (χ1v) is 11.8. The molecular formula is C25H29ClN4O4. The van der Waals surface area contributed by atoms with E-state index in [-0.39, 0.29) is 30.6 Å². The predicted octanol–water partition coefficient (Wildman–Crippen LogP) is 3.88. The summed E-state index contributed by atoms with van der Waals surface area (Å²) in [5.74, 6) is 1.58. The number of carbonyl (C=O) groups excluding carboxylic acids is 2. The molecule has 2 atom stereocenters. The largest absolute Gasteiger partial charge is 0.497 e. The van der Waals surface area contributed by atoms with E-state index in [0.29, 0.717) is 47.6 Å². The minimum Gasteiger partial charge on any atom is -0.497 e. The van der Waals surface area contributed by atoms with Crippen molar-refractivity contribution < 1.29 is 19.1 Å². The van der Waals surface area contributed by atoms with Gasteiger partial charge < -0.3 is 19.7 Å². The number of benzene rings is 2. The molecule has 1 saturated heterocycles. The second-order valence-electron chi connectivity index (χ2n) is 8.14. The van der Waals surface area contributed by atoms with Crippen molar-refractivity contribution in [3.63, 3.8) is 0 Å². The number of rotatable bonds is 6. The van der Waals surface area contributed by atoms with Crippen LogP contribution in [-0.4, -0.2) is 67.0 Å². The average Bonchev–Trinajstić information content (AvgIpc) is 3.23. The Kier molecular flexibility index (Phi) is 7.26. The van der Waals surface area contributed by atoms with Gasteiger partial charge in [-0.2, -0.15) is 0 Å². The standard InChI is InChI=1S/C25H29ClN4O4/c1-4-20-23(16-6-8-17(26)9-7-16)30(25(32)29-13-12-27-22(31)15-29)24(28-20)19-11-10-18(33-3)14-21(19)34-5-2/h6-11,14,20,23H,4-5,12-13,15H2,1-3H3,(H,27,31)/t20-,23+/m1/s1. The molecule has 2 aromatic rings. The van der Waals surface area contributed by atoms with E-state index in [4.69, 9.17) is 26.1 Å². The summed E-state index contributed by atoms with van der Waals surface area (Å²) in [6.45, 7) is 5.26. The maximum atomic E-state index is 13.9. The summed E-state index contributed by atoms with van der Waals surface area (Å²) in [6.07, 6.45) is 0.723. The van der Waals surface area contributed by atoms with Crippen LogP contribution < -0.4 is 14.8 Å². The molecule has 0 aliphatic carbocycles. The van der Waals surface area contributed by atoms with Gasteiger partial charge in [-0.05, 0) is 43.2 Å². The average molecular weight is 485 g/mol. The van der Waals surface area contributed by atoms with Crippen molar-refractivity contribution in [2.45, 2.75) is 32.4 Å². The highest BCUT2D eigenvalue weighted by Gasteiger charge is 2.43. The van der Waals surface area contributed by atoms with Crippen LogP contribution in [0.5, 0.6) is 11.5 Å². The Morgan fingerprint density at radius 1 is 1.21 bits per heavy atom. The normalized spacial score (nSPS) is 20.1. The van der Waals surface area contributed by atoms with Crippen molar-refractivity contribution >= 4 is 29.4 Å². The van der Waals surface area contributed by atoms with Gasteiger partial charge in [0, 0.05) is 24.2 Å². The highest BCUT2D eigenvalue weighted by atomic mass is 35.5. The molecular weight excluding hydrogens is 456 g/mol. The molecule has 0 aromatic heterocycles. The molecule has 0 bridgehead atoms. The number of nitrogens with zero attached hydrogens (tertiary/aromatic N) is 3. The summed E-state index contributed by atoms with van der Waals surface area (Å²) >= 11 is 6.14. The first-order valence-electron chi connectivity index (χ1n) is 11.5. The number of amidine groups is 1. The SMILES string of the molecule is CCOc1cc(OC)ccc1C1=N[C@H](CC)[C@H](c2ccc(Cl)cc2)N1C(=O)N1CCNC(=O)C1. The summed E-state index contributed by atoms with van der Waals surface area (Å²) in [5.41, 5.74) is 1.63. The Balaban J connectivity index is 1.82. The second-order valence-corrected chi connectivity index (χ2v) is 8.58. The highest BCUT2D eigenvalue weighted by Crippen LogP contribution is 2.39. The number of ether oxygens (including phenoxy) is 2. The van der Waals surface area contributed by atoms with Crippen LogP contribution >= 0.6 is 11.6 Å². The lowest BCUT2D eigenvalue weighted by Crippen LogP contribution is -2.55. The van der Waals surface area contributed by atoms with Crippen LogP contribution in [0.3, 0.4) is 0 Å². The third kappa shape index (κ3) is 4.68. The zero-order valence-corrected chi connectivity index (χ0v) is 20.3. The molecule has 8 nitrogen and oxygen atoms in total. The van der Waals surface area contributed by atoms with Gasteiger partial charge >= 0.3 is 6.03 Å². The van der Waals surface area contributed by atoms with Crippen LogP contribution in [0.25, 0.3) is 0 Å². The predicted molar refractivity (Wildman–Crippen MR) is 131 cm³/mol. The topological polar surface area (TPSA) is 83.5 Å². The molecule has 1 fully saturated rings. The van der Waals surface area contributed by atoms with Gasteiger partial charge in [0.1, 0.15) is 23.9 Å². The highest BCUT2D eigenvalue weighted by molar-refractivity contribution is 6.30. The van der Waals surface area contributed by atoms with Crippen molar-refractivity contribution in [1.29, 1.82) is 0 Å². The smallest absolute Gasteiger partial charge is 0.326 e. The van der Waals surface area contributed by atoms with Crippen molar-refractivity contribution in [2.75, 3.05) is 33.4 Å². The summed E-state index contributed by atoms with van der Waals surface area (Å²) < 4.78 is 11.3. The monoisotopic (exact) mass is 484 g/mol. The van der Waals surface area contributed by atoms with Gasteiger partial charge in [-0.15, -0.1) is 0 Å². The maximum absolute atomic E-state index is 13.9. The molecule has 0 unspecified atom stereocenters. The lowest BCUT2D eigenvalue weighted by atomic mass is 9.97. The van der Waals surface area contributed by atoms with E-state index in [0.717, 1.165) is 12.0 Å². The van der Waals surface area contributed by atoms with Crippen molar-refractivity contribution in [1.82, 2.24) is 15.1 Å². The van der Waals surface area contributed by atoms with Crippen LogP contribution in [0.2, 0.25) is 5.02 Å². The minimum absolute atomic E-state index is 0.00761. The van der Waals surface area contributed by atoms with E-state index in [1.54, 1.807) is 23.0 Å². The maximum Gasteiger partial charge on any atom is 0.326 e. The van der Waals surface area contributed by atoms with Gasteiger partial charge in [-0.25, -0.2) is 4.79 Å². The number of hydrogen-bond donors (Lipinski definition) is 1. The van der Waals surface area contributed by atoms with Gasteiger partial charge in [-0.3, -0.25) is 14.7 Å². The third-order valence-electron chi connectivity index (χ3n) is 6.03. The summed E-state index contributed by atoms with van der Waals surface area (Å²) in [6, 6.07) is 12.2. The van der Waals surface area contributed by atoms with Crippen LogP contribution in [0.15, 0.2) is 47.5 Å². The minimum atomic E-state index is -0.341. The Morgan fingerprint density at radius 2 is 1.97 bits per heavy atom. The van der Waals surface area contributed by atoms with E-state index in [1.165, 1.54) is 0 Å². The van der Waals surface area contributed by atoms with Gasteiger partial charge in [0.05, 0.1) is 31.4 Å². The van der Waals surface area contributed by atoms with Crippen LogP contribution in [0.1, 0.15) is 37.4 Å². The van der Waals surface area contributed by atoms with Crippen LogP contribution in [0.4, 0.5) is 4.79 Å². The zero-order valence-electron chi connectivity index (χ0n) is 19.6. The van der Waals surface area contributed by atoms with E-state index in [2.05, 4.69) is 12.2 Å². The van der Waals surface area contributed by atoms with Gasteiger partial charge in [0.2, 0.25) is 5.91 Å². The number of nitrogens with one attached hydrogen (secondary N) is 1. The lowest BCUT2D eigenvalue weighted by molar-refractivity contribution is -0.123. The summed E-state index contributed by atoms with van der Waals surface area (Å²) in [7, 11) is 1.60. The Labute approximate surface area is 204 Å². The molecule has 9 heteroatoms. The fourth-order valence-electron chi connectivity index (χ4n) is 4.39. The number of piperazine rings is 1. The number of halogens is 1. The molecule has 2 aromatic carbocycles. The summed E-state index contributed by atoms with van der Waals surface area (Å²) in [5, 5.41) is 3.40. The molecule has 2 heterocycles. The van der Waals surface area contributed by atoms with Crippen molar-refractivity contribution in [3.05, 3.63) is 58.6 Å². The molecule has 34 heavy (non-hydrogen) atoms. The van der Waals surface area contributed by atoms with E-state index < -0.39 is 0 Å². The zero-order chi connectivity index (χ0) is 24.2. The lowest BCUT2D eigenvalue weighted by Gasteiger charge is -2.35.